The summed E-state index contributed by atoms with van der Waals surface area (Å²) in [5.74, 6) is -1.92. The second kappa shape index (κ2) is 10.1. The normalized spacial score (nSPS) is 15.5. The van der Waals surface area contributed by atoms with Crippen LogP contribution < -0.4 is 0 Å². The Kier molecular flexibility index (Phi) is 7.56. The molecule has 0 saturated heterocycles. The van der Waals surface area contributed by atoms with Crippen LogP contribution in [-0.4, -0.2) is 43.4 Å². The smallest absolute Gasteiger partial charge is 0.355 e. The molecule has 2 atom stereocenters. The van der Waals surface area contributed by atoms with Crippen LogP contribution in [0.25, 0.3) is 0 Å². The molecule has 1 aromatic rings. The lowest BCUT2D eigenvalue weighted by molar-refractivity contribution is -0.166. The maximum atomic E-state index is 12.8. The van der Waals surface area contributed by atoms with E-state index in [1.54, 1.807) is 24.1 Å². The molecule has 0 fully saturated rings. The Morgan fingerprint density at radius 3 is 2.46 bits per heavy atom. The summed E-state index contributed by atoms with van der Waals surface area (Å²) < 4.78 is 15.2. The first kappa shape index (κ1) is 21.0. The Labute approximate surface area is 164 Å². The van der Waals surface area contributed by atoms with Crippen LogP contribution in [0.2, 0.25) is 0 Å². The average Bonchev–Trinajstić information content (AvgIpc) is 2.75. The monoisotopic (exact) mass is 384 g/mol. The highest BCUT2D eigenvalue weighted by atomic mass is 16.6. The molecule has 1 heterocycles. The van der Waals surface area contributed by atoms with E-state index >= 15 is 0 Å². The van der Waals surface area contributed by atoms with Gasteiger partial charge >= 0.3 is 11.9 Å². The molecule has 7 heteroatoms. The molecular formula is C21H24N2O5. The highest BCUT2D eigenvalue weighted by Crippen LogP contribution is 2.24. The van der Waals surface area contributed by atoms with Crippen LogP contribution in [0.4, 0.5) is 0 Å². The van der Waals surface area contributed by atoms with E-state index in [9.17, 15) is 9.59 Å². The minimum atomic E-state index is -1.15. The van der Waals surface area contributed by atoms with E-state index in [1.165, 1.54) is 26.0 Å². The molecule has 28 heavy (non-hydrogen) atoms. The van der Waals surface area contributed by atoms with E-state index in [4.69, 9.17) is 14.2 Å². The van der Waals surface area contributed by atoms with Crippen LogP contribution in [0.5, 0.6) is 0 Å². The quantitative estimate of drug-likeness (QED) is 0.297. The number of hydrogen-bond acceptors (Lipinski definition) is 6. The Balaban J connectivity index is 2.20. The molecule has 148 valence electrons. The van der Waals surface area contributed by atoms with Crippen LogP contribution in [0.3, 0.4) is 0 Å². The zero-order valence-corrected chi connectivity index (χ0v) is 16.1. The zero-order valence-electron chi connectivity index (χ0n) is 16.1. The third kappa shape index (κ3) is 5.09. The summed E-state index contributed by atoms with van der Waals surface area (Å²) in [4.78, 5) is 30.5. The van der Waals surface area contributed by atoms with E-state index in [1.807, 2.05) is 37.3 Å². The Hall–Kier alpha value is -3.35. The maximum absolute atomic E-state index is 12.8. The number of methoxy groups -OCH3 is 1. The van der Waals surface area contributed by atoms with E-state index in [0.29, 0.717) is 0 Å². The van der Waals surface area contributed by atoms with Gasteiger partial charge in [-0.2, -0.15) is 0 Å². The van der Waals surface area contributed by atoms with Crippen molar-refractivity contribution < 1.29 is 23.8 Å². The molecule has 0 radical (unpaired) electrons. The molecule has 0 bridgehead atoms. The van der Waals surface area contributed by atoms with Gasteiger partial charge in [0.25, 0.3) is 0 Å². The van der Waals surface area contributed by atoms with E-state index < -0.39 is 24.0 Å². The second-order valence-corrected chi connectivity index (χ2v) is 6.03. The van der Waals surface area contributed by atoms with Crippen LogP contribution in [-0.2, 0) is 23.8 Å². The van der Waals surface area contributed by atoms with Gasteiger partial charge in [-0.05, 0) is 24.6 Å². The fraction of sp³-hybridized carbons (Fsp3) is 0.286. The van der Waals surface area contributed by atoms with Gasteiger partial charge in [0.1, 0.15) is 5.70 Å². The summed E-state index contributed by atoms with van der Waals surface area (Å²) in [6, 6.07) is 9.39. The molecule has 0 aromatic heterocycles. The zero-order chi connectivity index (χ0) is 20.5. The van der Waals surface area contributed by atoms with Gasteiger partial charge in [0.2, 0.25) is 6.10 Å². The largest absolute Gasteiger partial charge is 0.473 e. The van der Waals surface area contributed by atoms with Crippen molar-refractivity contribution in [2.24, 2.45) is 10.9 Å². The minimum Gasteiger partial charge on any atom is -0.473 e. The van der Waals surface area contributed by atoms with Crippen molar-refractivity contribution in [3.63, 3.8) is 0 Å². The predicted octanol–water partition coefficient (Wildman–Crippen LogP) is 2.98. The van der Waals surface area contributed by atoms with Crippen molar-refractivity contribution in [1.29, 1.82) is 0 Å². The predicted molar refractivity (Wildman–Crippen MR) is 105 cm³/mol. The summed E-state index contributed by atoms with van der Waals surface area (Å²) in [7, 11) is 2.83. The lowest BCUT2D eigenvalue weighted by Crippen LogP contribution is -2.37. The van der Waals surface area contributed by atoms with Gasteiger partial charge in [-0.25, -0.2) is 9.59 Å². The topological polar surface area (TPSA) is 77.4 Å². The molecule has 0 N–H and O–H groups in total. The lowest BCUT2D eigenvalue weighted by Gasteiger charge is -2.29. The number of rotatable bonds is 8. The number of carbonyl (C=O) groups is 2. The van der Waals surface area contributed by atoms with Crippen molar-refractivity contribution >= 4 is 18.3 Å². The molecule has 0 saturated carbocycles. The molecule has 0 amide bonds. The van der Waals surface area contributed by atoms with Crippen molar-refractivity contribution in [1.82, 2.24) is 4.90 Å². The molecule has 2 rings (SSSR count). The highest BCUT2D eigenvalue weighted by molar-refractivity contribution is 5.92. The van der Waals surface area contributed by atoms with Gasteiger partial charge in [0.05, 0.1) is 32.0 Å². The Morgan fingerprint density at radius 2 is 1.89 bits per heavy atom. The van der Waals surface area contributed by atoms with Crippen LogP contribution in [0, 0.1) is 5.92 Å². The SMILES string of the molecule is C=C(C(=O)OC(C(=O)OC)C1C=COC=C1)N(/C=N\C)[C@H](C)c1ccccc1. The first-order chi connectivity index (χ1) is 13.5. The summed E-state index contributed by atoms with van der Waals surface area (Å²) in [5, 5.41) is 0. The van der Waals surface area contributed by atoms with Crippen LogP contribution >= 0.6 is 0 Å². The van der Waals surface area contributed by atoms with Gasteiger partial charge in [-0.15, -0.1) is 0 Å². The van der Waals surface area contributed by atoms with Crippen molar-refractivity contribution in [2.45, 2.75) is 19.1 Å². The molecular weight excluding hydrogens is 360 g/mol. The van der Waals surface area contributed by atoms with Crippen LogP contribution in [0.1, 0.15) is 18.5 Å². The molecule has 1 aliphatic heterocycles. The fourth-order valence-electron chi connectivity index (χ4n) is 2.69. The van der Waals surface area contributed by atoms with Gasteiger partial charge < -0.3 is 19.1 Å². The van der Waals surface area contributed by atoms with Gasteiger partial charge in [0.15, 0.2) is 0 Å². The molecule has 1 aromatic carbocycles. The first-order valence-electron chi connectivity index (χ1n) is 8.71. The lowest BCUT2D eigenvalue weighted by atomic mass is 10.0. The van der Waals surface area contributed by atoms with Crippen LogP contribution in [0.15, 0.2) is 72.3 Å². The highest BCUT2D eigenvalue weighted by Gasteiger charge is 2.33. The van der Waals surface area contributed by atoms with Crippen molar-refractivity contribution in [3.8, 4) is 0 Å². The number of carbonyl (C=O) groups excluding carboxylic acids is 2. The third-order valence-corrected chi connectivity index (χ3v) is 4.26. The van der Waals surface area contributed by atoms with Crippen molar-refractivity contribution in [3.05, 3.63) is 72.8 Å². The standard InChI is InChI=1S/C21H24N2O5/c1-15(17-8-6-5-7-9-17)23(14-22-3)16(2)20(24)28-19(21(25)26-4)18-10-12-27-13-11-18/h5-15,18-19H,2H2,1,3-4H3/b22-14-/t15-,19?/m1/s1. The summed E-state index contributed by atoms with van der Waals surface area (Å²) in [6.07, 6.45) is 6.39. The van der Waals surface area contributed by atoms with E-state index in [-0.39, 0.29) is 11.7 Å². The van der Waals surface area contributed by atoms with Gasteiger partial charge in [-0.3, -0.25) is 4.99 Å². The molecule has 7 nitrogen and oxygen atoms in total. The number of ether oxygens (including phenoxy) is 3. The number of nitrogens with zero attached hydrogens (tertiary/aromatic N) is 2. The second-order valence-electron chi connectivity index (χ2n) is 6.03. The summed E-state index contributed by atoms with van der Waals surface area (Å²) in [5.41, 5.74) is 1.02. The number of hydrogen-bond donors (Lipinski definition) is 0. The Bertz CT molecular complexity index is 773. The Morgan fingerprint density at radius 1 is 1.25 bits per heavy atom. The molecule has 1 unspecified atom stereocenters. The van der Waals surface area contributed by atoms with E-state index in [0.717, 1.165) is 5.56 Å². The maximum Gasteiger partial charge on any atom is 0.355 e. The number of esters is 2. The fourth-order valence-corrected chi connectivity index (χ4v) is 2.69. The summed E-state index contributed by atoms with van der Waals surface area (Å²) in [6.45, 7) is 5.76. The van der Waals surface area contributed by atoms with Gasteiger partial charge in [-0.1, -0.05) is 36.9 Å². The molecule has 0 aliphatic carbocycles. The van der Waals surface area contributed by atoms with Crippen molar-refractivity contribution in [2.75, 3.05) is 14.2 Å². The summed E-state index contributed by atoms with van der Waals surface area (Å²) >= 11 is 0. The van der Waals surface area contributed by atoms with Gasteiger partial charge in [0, 0.05) is 13.0 Å². The number of aliphatic imine (C=N–C) groups is 1. The molecule has 1 aliphatic rings. The molecule has 0 spiro atoms. The third-order valence-electron chi connectivity index (χ3n) is 4.26. The first-order valence-corrected chi connectivity index (χ1v) is 8.71. The van der Waals surface area contributed by atoms with E-state index in [2.05, 4.69) is 11.6 Å². The average molecular weight is 384 g/mol. The number of benzene rings is 1. The minimum absolute atomic E-state index is 0.0517.